The second kappa shape index (κ2) is 4.64. The average molecular weight is 344 g/mol. The van der Waals surface area contributed by atoms with E-state index in [1.165, 1.54) is 5.57 Å². The predicted molar refractivity (Wildman–Crippen MR) is 91.8 cm³/mol. The van der Waals surface area contributed by atoms with Crippen molar-refractivity contribution in [3.8, 4) is 0 Å². The predicted octanol–water partition coefficient (Wildman–Crippen LogP) is 2.83. The lowest BCUT2D eigenvalue weighted by atomic mass is 9.46. The van der Waals surface area contributed by atoms with Gasteiger partial charge in [0.25, 0.3) is 0 Å². The molecular weight excluding hydrogens is 316 g/mol. The van der Waals surface area contributed by atoms with Crippen molar-refractivity contribution in [1.29, 1.82) is 0 Å². The smallest absolute Gasteiger partial charge is 0.161 e. The molecular formula is C21H28O4. The van der Waals surface area contributed by atoms with Gasteiger partial charge in [-0.3, -0.25) is 9.59 Å². The quantitative estimate of drug-likeness (QED) is 0.743. The van der Waals surface area contributed by atoms with Gasteiger partial charge in [-0.15, -0.1) is 0 Å². The second-order valence-electron chi connectivity index (χ2n) is 9.71. The number of ketones is 2. The number of Topliss-reactive ketones (excluding diaryl/α,β-unsaturated/α-hetero) is 1. The van der Waals surface area contributed by atoms with E-state index in [1.54, 1.807) is 6.92 Å². The molecule has 5 rings (SSSR count). The zero-order chi connectivity index (χ0) is 17.8. The highest BCUT2D eigenvalue weighted by molar-refractivity contribution is 5.92. The Morgan fingerprint density at radius 1 is 1.20 bits per heavy atom. The number of aliphatic hydroxyl groups is 1. The van der Waals surface area contributed by atoms with Gasteiger partial charge in [0.1, 0.15) is 11.7 Å². The lowest BCUT2D eigenvalue weighted by molar-refractivity contribution is -0.159. The lowest BCUT2D eigenvalue weighted by Gasteiger charge is -2.57. The molecule has 4 nitrogen and oxygen atoms in total. The summed E-state index contributed by atoms with van der Waals surface area (Å²) in [7, 11) is 0. The topological polar surface area (TPSA) is 66.9 Å². The van der Waals surface area contributed by atoms with Crippen LogP contribution in [0.15, 0.2) is 11.6 Å². The molecule has 8 atom stereocenters. The van der Waals surface area contributed by atoms with Crippen molar-refractivity contribution in [2.45, 2.75) is 77.1 Å². The van der Waals surface area contributed by atoms with E-state index in [2.05, 4.69) is 13.8 Å². The molecule has 4 fully saturated rings. The highest BCUT2D eigenvalue weighted by atomic mass is 16.6. The Morgan fingerprint density at radius 3 is 2.64 bits per heavy atom. The summed E-state index contributed by atoms with van der Waals surface area (Å²) >= 11 is 0. The Morgan fingerprint density at radius 2 is 1.92 bits per heavy atom. The van der Waals surface area contributed by atoms with E-state index in [4.69, 9.17) is 4.74 Å². The average Bonchev–Trinajstić information content (AvgIpc) is 3.29. The van der Waals surface area contributed by atoms with E-state index in [9.17, 15) is 14.7 Å². The minimum atomic E-state index is -1.17. The van der Waals surface area contributed by atoms with Crippen molar-refractivity contribution in [1.82, 2.24) is 0 Å². The molecule has 0 spiro atoms. The Labute approximate surface area is 149 Å². The van der Waals surface area contributed by atoms with Gasteiger partial charge >= 0.3 is 0 Å². The van der Waals surface area contributed by atoms with Crippen LogP contribution in [0.2, 0.25) is 0 Å². The van der Waals surface area contributed by atoms with Crippen LogP contribution in [0.4, 0.5) is 0 Å². The Kier molecular flexibility index (Phi) is 3.00. The van der Waals surface area contributed by atoms with E-state index >= 15 is 0 Å². The minimum absolute atomic E-state index is 0.0501. The van der Waals surface area contributed by atoms with E-state index < -0.39 is 5.60 Å². The third kappa shape index (κ3) is 1.76. The Bertz CT molecular complexity index is 711. The number of epoxide rings is 1. The van der Waals surface area contributed by atoms with Crippen molar-refractivity contribution in [2.24, 2.45) is 28.6 Å². The van der Waals surface area contributed by atoms with Crippen LogP contribution in [0.5, 0.6) is 0 Å². The Balaban J connectivity index is 1.57. The van der Waals surface area contributed by atoms with Crippen molar-refractivity contribution >= 4 is 11.6 Å². The van der Waals surface area contributed by atoms with E-state index in [0.717, 1.165) is 25.7 Å². The summed E-state index contributed by atoms with van der Waals surface area (Å²) in [5, 5.41) is 11.2. The van der Waals surface area contributed by atoms with Crippen molar-refractivity contribution in [3.63, 3.8) is 0 Å². The minimum Gasteiger partial charge on any atom is -0.382 e. The van der Waals surface area contributed by atoms with E-state index in [0.29, 0.717) is 30.6 Å². The summed E-state index contributed by atoms with van der Waals surface area (Å²) in [6.07, 6.45) is 7.13. The number of hydrogen-bond acceptors (Lipinski definition) is 4. The molecule has 4 heteroatoms. The molecule has 3 saturated carbocycles. The van der Waals surface area contributed by atoms with Crippen molar-refractivity contribution in [2.75, 3.05) is 0 Å². The first-order chi connectivity index (χ1) is 11.7. The molecule has 0 aromatic heterocycles. The molecule has 0 radical (unpaired) electrons. The summed E-state index contributed by atoms with van der Waals surface area (Å²) in [5.74, 6) is 1.42. The van der Waals surface area contributed by atoms with Gasteiger partial charge in [0.05, 0.1) is 6.10 Å². The van der Waals surface area contributed by atoms with Crippen LogP contribution >= 0.6 is 0 Å². The zero-order valence-corrected chi connectivity index (χ0v) is 15.4. The van der Waals surface area contributed by atoms with Crippen molar-refractivity contribution in [3.05, 3.63) is 11.6 Å². The van der Waals surface area contributed by atoms with Gasteiger partial charge in [-0.1, -0.05) is 13.8 Å². The normalized spacial score (nSPS) is 56.2. The summed E-state index contributed by atoms with van der Waals surface area (Å²) in [6, 6.07) is 0. The summed E-state index contributed by atoms with van der Waals surface area (Å²) in [6.45, 7) is 6.01. The molecule has 1 heterocycles. The third-order valence-corrected chi connectivity index (χ3v) is 8.96. The van der Waals surface area contributed by atoms with E-state index in [-0.39, 0.29) is 34.6 Å². The fourth-order valence-corrected chi connectivity index (χ4v) is 7.40. The van der Waals surface area contributed by atoms with Crippen LogP contribution in [0, 0.1) is 28.6 Å². The van der Waals surface area contributed by atoms with Gasteiger partial charge in [0, 0.05) is 11.8 Å². The third-order valence-electron chi connectivity index (χ3n) is 8.96. The van der Waals surface area contributed by atoms with Crippen LogP contribution in [-0.4, -0.2) is 34.5 Å². The SMILES string of the molecule is CC(=O)[C@@]1(O)CC[C@H]2[C@@H]3[C@@H]4O[C@@H]4C4=CC(=O)CC[C@]4(C)[C@H]3CC[C@@]21C. The van der Waals surface area contributed by atoms with Gasteiger partial charge in [-0.25, -0.2) is 0 Å². The number of fused-ring (bicyclic) bond motifs is 8. The summed E-state index contributed by atoms with van der Waals surface area (Å²) in [5.41, 5.74) is -0.224. The van der Waals surface area contributed by atoms with Crippen LogP contribution in [-0.2, 0) is 14.3 Å². The zero-order valence-electron chi connectivity index (χ0n) is 15.4. The number of carbonyl (C=O) groups excluding carboxylic acids is 2. The van der Waals surface area contributed by atoms with Crippen LogP contribution in [0.1, 0.15) is 59.3 Å². The monoisotopic (exact) mass is 344 g/mol. The molecule has 0 unspecified atom stereocenters. The molecule has 136 valence electrons. The van der Waals surface area contributed by atoms with Gasteiger partial charge in [-0.2, -0.15) is 0 Å². The molecule has 1 aliphatic heterocycles. The molecule has 0 bridgehead atoms. The number of hydrogen-bond donors (Lipinski definition) is 1. The van der Waals surface area contributed by atoms with E-state index in [1.807, 2.05) is 6.08 Å². The lowest BCUT2D eigenvalue weighted by Crippen LogP contribution is -2.58. The standard InChI is InChI=1S/C21H28O4/c1-11(22)21(24)9-6-14-16-13(5-8-20(14,21)3)19(2)7-4-12(23)10-15(19)17-18(16)25-17/h10,13-14,16-18,24H,4-9H2,1-3H3/t13-,14-,16+,17+,18-,19+,20-,21-/m0/s1. The maximum atomic E-state index is 12.3. The van der Waals surface area contributed by atoms with Gasteiger partial charge in [-0.05, 0) is 73.8 Å². The molecule has 0 aromatic carbocycles. The molecule has 1 saturated heterocycles. The second-order valence-corrected chi connectivity index (χ2v) is 9.71. The largest absolute Gasteiger partial charge is 0.382 e. The van der Waals surface area contributed by atoms with Crippen LogP contribution in [0.25, 0.3) is 0 Å². The molecule has 25 heavy (non-hydrogen) atoms. The first-order valence-electron chi connectivity index (χ1n) is 9.86. The fourth-order valence-electron chi connectivity index (χ4n) is 7.40. The summed E-state index contributed by atoms with van der Waals surface area (Å²) in [4.78, 5) is 24.3. The van der Waals surface area contributed by atoms with Crippen LogP contribution < -0.4 is 0 Å². The summed E-state index contributed by atoms with van der Waals surface area (Å²) < 4.78 is 6.13. The molecule has 0 aromatic rings. The number of ether oxygens (including phenoxy) is 1. The fraction of sp³-hybridized carbons (Fsp3) is 0.810. The van der Waals surface area contributed by atoms with Gasteiger partial charge < -0.3 is 9.84 Å². The molecule has 1 N–H and O–H groups in total. The molecule has 5 aliphatic rings. The Hall–Kier alpha value is -1.00. The van der Waals surface area contributed by atoms with Gasteiger partial charge in [0.2, 0.25) is 0 Å². The number of rotatable bonds is 1. The maximum Gasteiger partial charge on any atom is 0.161 e. The highest BCUT2D eigenvalue weighted by Crippen LogP contribution is 2.70. The highest BCUT2D eigenvalue weighted by Gasteiger charge is 2.71. The molecule has 0 amide bonds. The first kappa shape index (κ1) is 16.2. The van der Waals surface area contributed by atoms with Crippen molar-refractivity contribution < 1.29 is 19.4 Å². The number of carbonyl (C=O) groups is 2. The maximum absolute atomic E-state index is 12.3. The molecule has 4 aliphatic carbocycles. The first-order valence-corrected chi connectivity index (χ1v) is 9.86. The van der Waals surface area contributed by atoms with Gasteiger partial charge in [0.15, 0.2) is 11.6 Å². The van der Waals surface area contributed by atoms with Crippen LogP contribution in [0.3, 0.4) is 0 Å².